The standard InChI is InChI=1S/C10H20O2/c1-8(2)10(12-4)6-5-9(3)7-11/h5,8,10-11H,6-7H2,1-4H3/b9-5+. The molecule has 0 bridgehead atoms. The smallest absolute Gasteiger partial charge is 0.0639 e. The van der Waals surface area contributed by atoms with Crippen LogP contribution in [0.3, 0.4) is 0 Å². The highest BCUT2D eigenvalue weighted by molar-refractivity contribution is 4.98. The molecule has 1 atom stereocenters. The highest BCUT2D eigenvalue weighted by Crippen LogP contribution is 2.11. The van der Waals surface area contributed by atoms with Crippen LogP contribution in [-0.4, -0.2) is 24.9 Å². The van der Waals surface area contributed by atoms with Gasteiger partial charge in [-0.2, -0.15) is 0 Å². The van der Waals surface area contributed by atoms with E-state index in [1.54, 1.807) is 7.11 Å². The van der Waals surface area contributed by atoms with E-state index in [0.29, 0.717) is 5.92 Å². The molecule has 0 aliphatic heterocycles. The third-order valence-electron chi connectivity index (χ3n) is 1.99. The average molecular weight is 172 g/mol. The largest absolute Gasteiger partial charge is 0.392 e. The molecule has 0 saturated carbocycles. The Balaban J connectivity index is 3.87. The number of rotatable bonds is 5. The Bertz CT molecular complexity index is 139. The third-order valence-corrected chi connectivity index (χ3v) is 1.99. The summed E-state index contributed by atoms with van der Waals surface area (Å²) in [6, 6.07) is 0. The average Bonchev–Trinajstić information content (AvgIpc) is 2.04. The fraction of sp³-hybridized carbons (Fsp3) is 0.800. The SMILES string of the molecule is COC(C/C=C(\C)CO)C(C)C. The van der Waals surface area contributed by atoms with Crippen molar-refractivity contribution in [2.75, 3.05) is 13.7 Å². The minimum absolute atomic E-state index is 0.147. The lowest BCUT2D eigenvalue weighted by Crippen LogP contribution is -2.16. The summed E-state index contributed by atoms with van der Waals surface area (Å²) in [6.45, 7) is 6.34. The Kier molecular flexibility index (Phi) is 6.03. The van der Waals surface area contributed by atoms with E-state index >= 15 is 0 Å². The van der Waals surface area contributed by atoms with Crippen molar-refractivity contribution in [3.8, 4) is 0 Å². The predicted octanol–water partition coefficient (Wildman–Crippen LogP) is 1.99. The van der Waals surface area contributed by atoms with Crippen molar-refractivity contribution in [2.45, 2.75) is 33.3 Å². The van der Waals surface area contributed by atoms with Gasteiger partial charge in [0.25, 0.3) is 0 Å². The van der Waals surface area contributed by atoms with Crippen LogP contribution in [0.4, 0.5) is 0 Å². The lowest BCUT2D eigenvalue weighted by molar-refractivity contribution is 0.0673. The lowest BCUT2D eigenvalue weighted by atomic mass is 10.0. The van der Waals surface area contributed by atoms with Gasteiger partial charge >= 0.3 is 0 Å². The molecule has 0 aromatic rings. The highest BCUT2D eigenvalue weighted by Gasteiger charge is 2.09. The topological polar surface area (TPSA) is 29.5 Å². The van der Waals surface area contributed by atoms with Gasteiger partial charge in [0.05, 0.1) is 12.7 Å². The fourth-order valence-corrected chi connectivity index (χ4v) is 1.02. The lowest BCUT2D eigenvalue weighted by Gasteiger charge is -2.17. The van der Waals surface area contributed by atoms with Gasteiger partial charge in [0.1, 0.15) is 0 Å². The molecule has 0 aromatic heterocycles. The first-order chi connectivity index (χ1) is 5.61. The molecule has 12 heavy (non-hydrogen) atoms. The van der Waals surface area contributed by atoms with Crippen LogP contribution in [-0.2, 0) is 4.74 Å². The first kappa shape index (κ1) is 11.7. The van der Waals surface area contributed by atoms with E-state index in [9.17, 15) is 0 Å². The highest BCUT2D eigenvalue weighted by atomic mass is 16.5. The zero-order valence-corrected chi connectivity index (χ0v) is 8.50. The molecular weight excluding hydrogens is 152 g/mol. The van der Waals surface area contributed by atoms with Crippen LogP contribution in [0.1, 0.15) is 27.2 Å². The molecular formula is C10H20O2. The van der Waals surface area contributed by atoms with E-state index in [1.165, 1.54) is 0 Å². The molecule has 0 spiro atoms. The van der Waals surface area contributed by atoms with Gasteiger partial charge in [-0.25, -0.2) is 0 Å². The molecule has 0 fully saturated rings. The van der Waals surface area contributed by atoms with Gasteiger partial charge in [0, 0.05) is 7.11 Å². The summed E-state index contributed by atoms with van der Waals surface area (Å²) in [5.41, 5.74) is 1.01. The Hall–Kier alpha value is -0.340. The van der Waals surface area contributed by atoms with Crippen molar-refractivity contribution in [1.82, 2.24) is 0 Å². The maximum atomic E-state index is 8.75. The molecule has 0 radical (unpaired) electrons. The van der Waals surface area contributed by atoms with Crippen molar-refractivity contribution in [2.24, 2.45) is 5.92 Å². The van der Waals surface area contributed by atoms with Gasteiger partial charge in [0.2, 0.25) is 0 Å². The number of aliphatic hydroxyl groups is 1. The van der Waals surface area contributed by atoms with Gasteiger partial charge in [-0.3, -0.25) is 0 Å². The second-order valence-electron chi connectivity index (χ2n) is 3.46. The Morgan fingerprint density at radius 1 is 1.50 bits per heavy atom. The third kappa shape index (κ3) is 4.52. The molecule has 2 nitrogen and oxygen atoms in total. The molecule has 0 aliphatic carbocycles. The van der Waals surface area contributed by atoms with Crippen molar-refractivity contribution >= 4 is 0 Å². The molecule has 2 heteroatoms. The first-order valence-corrected chi connectivity index (χ1v) is 4.41. The maximum Gasteiger partial charge on any atom is 0.0639 e. The van der Waals surface area contributed by atoms with Gasteiger partial charge in [0.15, 0.2) is 0 Å². The van der Waals surface area contributed by atoms with Crippen LogP contribution in [0.25, 0.3) is 0 Å². The molecule has 0 rings (SSSR count). The van der Waals surface area contributed by atoms with E-state index in [4.69, 9.17) is 9.84 Å². The second-order valence-corrected chi connectivity index (χ2v) is 3.46. The number of hydrogen-bond donors (Lipinski definition) is 1. The minimum atomic E-state index is 0.147. The minimum Gasteiger partial charge on any atom is -0.392 e. The Morgan fingerprint density at radius 2 is 2.08 bits per heavy atom. The van der Waals surface area contributed by atoms with Crippen molar-refractivity contribution in [1.29, 1.82) is 0 Å². The molecule has 1 unspecified atom stereocenters. The summed E-state index contributed by atoms with van der Waals surface area (Å²) in [4.78, 5) is 0. The molecule has 72 valence electrons. The van der Waals surface area contributed by atoms with Gasteiger partial charge in [-0.1, -0.05) is 25.5 Å². The van der Waals surface area contributed by atoms with E-state index < -0.39 is 0 Å². The predicted molar refractivity (Wildman–Crippen MR) is 51.1 cm³/mol. The van der Waals surface area contributed by atoms with Gasteiger partial charge in [-0.05, 0) is 19.3 Å². The zero-order valence-electron chi connectivity index (χ0n) is 8.50. The monoisotopic (exact) mass is 172 g/mol. The van der Waals surface area contributed by atoms with Gasteiger partial charge in [-0.15, -0.1) is 0 Å². The van der Waals surface area contributed by atoms with Crippen LogP contribution in [0.15, 0.2) is 11.6 Å². The number of ether oxygens (including phenoxy) is 1. The normalized spacial score (nSPS) is 15.3. The maximum absolute atomic E-state index is 8.75. The van der Waals surface area contributed by atoms with Gasteiger partial charge < -0.3 is 9.84 Å². The summed E-state index contributed by atoms with van der Waals surface area (Å²) in [5.74, 6) is 0.526. The molecule has 0 amide bonds. The first-order valence-electron chi connectivity index (χ1n) is 4.41. The number of methoxy groups -OCH3 is 1. The molecule has 1 N–H and O–H groups in total. The molecule has 0 saturated heterocycles. The summed E-state index contributed by atoms with van der Waals surface area (Å²) in [7, 11) is 1.73. The van der Waals surface area contributed by atoms with Crippen molar-refractivity contribution in [3.63, 3.8) is 0 Å². The van der Waals surface area contributed by atoms with Crippen LogP contribution < -0.4 is 0 Å². The van der Waals surface area contributed by atoms with E-state index in [-0.39, 0.29) is 12.7 Å². The number of hydrogen-bond acceptors (Lipinski definition) is 2. The second kappa shape index (κ2) is 6.21. The molecule has 0 aromatic carbocycles. The molecule has 0 aliphatic rings. The number of aliphatic hydroxyl groups excluding tert-OH is 1. The zero-order chi connectivity index (χ0) is 9.56. The summed E-state index contributed by atoms with van der Waals surface area (Å²) >= 11 is 0. The van der Waals surface area contributed by atoms with Crippen molar-refractivity contribution < 1.29 is 9.84 Å². The Morgan fingerprint density at radius 3 is 2.42 bits per heavy atom. The van der Waals surface area contributed by atoms with Crippen LogP contribution >= 0.6 is 0 Å². The summed E-state index contributed by atoms with van der Waals surface area (Å²) in [5, 5.41) is 8.75. The molecule has 0 heterocycles. The van der Waals surface area contributed by atoms with Crippen LogP contribution in [0, 0.1) is 5.92 Å². The summed E-state index contributed by atoms with van der Waals surface area (Å²) in [6.07, 6.45) is 3.20. The van der Waals surface area contributed by atoms with Crippen LogP contribution in [0.5, 0.6) is 0 Å². The quantitative estimate of drug-likeness (QED) is 0.643. The van der Waals surface area contributed by atoms with E-state index in [2.05, 4.69) is 13.8 Å². The van der Waals surface area contributed by atoms with E-state index in [0.717, 1.165) is 12.0 Å². The Labute approximate surface area is 75.2 Å². The fourth-order valence-electron chi connectivity index (χ4n) is 1.02. The van der Waals surface area contributed by atoms with E-state index in [1.807, 2.05) is 13.0 Å². The van der Waals surface area contributed by atoms with Crippen molar-refractivity contribution in [3.05, 3.63) is 11.6 Å². The summed E-state index contributed by atoms with van der Waals surface area (Å²) < 4.78 is 5.28. The van der Waals surface area contributed by atoms with Crippen LogP contribution in [0.2, 0.25) is 0 Å².